The molecule has 2 rings (SSSR count). The van der Waals surface area contributed by atoms with Crippen molar-refractivity contribution in [2.45, 2.75) is 26.4 Å². The predicted octanol–water partition coefficient (Wildman–Crippen LogP) is 3.50. The van der Waals surface area contributed by atoms with Crippen LogP contribution in [0.5, 0.6) is 0 Å². The third kappa shape index (κ3) is 2.49. The van der Waals surface area contributed by atoms with Gasteiger partial charge in [0.2, 0.25) is 0 Å². The molecule has 0 aromatic carbocycles. The smallest absolute Gasteiger partial charge is 0.117 e. The number of thiophene rings is 1. The van der Waals surface area contributed by atoms with E-state index in [1.54, 1.807) is 17.6 Å². The summed E-state index contributed by atoms with van der Waals surface area (Å²) in [5.74, 6) is 0.982. The van der Waals surface area contributed by atoms with E-state index in [4.69, 9.17) is 4.42 Å². The van der Waals surface area contributed by atoms with Crippen molar-refractivity contribution in [1.29, 1.82) is 0 Å². The Kier molecular flexibility index (Phi) is 3.23. The van der Waals surface area contributed by atoms with Gasteiger partial charge in [-0.3, -0.25) is 0 Å². The van der Waals surface area contributed by atoms with Crippen LogP contribution in [-0.4, -0.2) is 0 Å². The first-order valence-corrected chi connectivity index (χ1v) is 5.95. The second kappa shape index (κ2) is 4.64. The van der Waals surface area contributed by atoms with Crippen molar-refractivity contribution in [3.05, 3.63) is 46.0 Å². The van der Waals surface area contributed by atoms with Gasteiger partial charge in [-0.25, -0.2) is 0 Å². The van der Waals surface area contributed by atoms with Crippen molar-refractivity contribution in [2.75, 3.05) is 0 Å². The van der Waals surface area contributed by atoms with Gasteiger partial charge in [0.15, 0.2) is 0 Å². The molecular weight excluding hydrogens is 206 g/mol. The highest BCUT2D eigenvalue weighted by molar-refractivity contribution is 7.10. The summed E-state index contributed by atoms with van der Waals surface area (Å²) >= 11 is 1.80. The number of aryl methyl sites for hydroxylation is 1. The molecule has 0 aliphatic heterocycles. The van der Waals surface area contributed by atoms with Crippen LogP contribution in [0.15, 0.2) is 34.3 Å². The lowest BCUT2D eigenvalue weighted by molar-refractivity contribution is 0.462. The van der Waals surface area contributed by atoms with Gasteiger partial charge in [-0.1, -0.05) is 0 Å². The van der Waals surface area contributed by atoms with E-state index in [-0.39, 0.29) is 0 Å². The Hall–Kier alpha value is -1.06. The first-order valence-electron chi connectivity index (χ1n) is 5.07. The van der Waals surface area contributed by atoms with E-state index in [1.807, 2.05) is 12.1 Å². The Labute approximate surface area is 93.9 Å². The normalized spacial score (nSPS) is 12.9. The van der Waals surface area contributed by atoms with Crippen LogP contribution < -0.4 is 5.32 Å². The Morgan fingerprint density at radius 2 is 2.33 bits per heavy atom. The van der Waals surface area contributed by atoms with Gasteiger partial charge in [0, 0.05) is 10.9 Å². The van der Waals surface area contributed by atoms with Crippen molar-refractivity contribution in [2.24, 2.45) is 0 Å². The van der Waals surface area contributed by atoms with Crippen molar-refractivity contribution in [3.63, 3.8) is 0 Å². The molecule has 0 saturated carbocycles. The van der Waals surface area contributed by atoms with Crippen LogP contribution in [-0.2, 0) is 6.54 Å². The fraction of sp³-hybridized carbons (Fsp3) is 0.333. The molecule has 2 aromatic heterocycles. The lowest BCUT2D eigenvalue weighted by Crippen LogP contribution is -2.17. The highest BCUT2D eigenvalue weighted by Crippen LogP contribution is 2.23. The van der Waals surface area contributed by atoms with Gasteiger partial charge in [0.25, 0.3) is 0 Å². The van der Waals surface area contributed by atoms with Gasteiger partial charge >= 0.3 is 0 Å². The van der Waals surface area contributed by atoms with Gasteiger partial charge in [0.05, 0.1) is 12.8 Å². The molecule has 2 heterocycles. The topological polar surface area (TPSA) is 25.2 Å². The van der Waals surface area contributed by atoms with E-state index >= 15 is 0 Å². The molecule has 0 fully saturated rings. The number of nitrogens with one attached hydrogen (secondary N) is 1. The minimum Gasteiger partial charge on any atom is -0.468 e. The molecule has 1 unspecified atom stereocenters. The zero-order valence-electron chi connectivity index (χ0n) is 8.99. The van der Waals surface area contributed by atoms with Crippen LogP contribution in [0.3, 0.4) is 0 Å². The first kappa shape index (κ1) is 10.5. The molecule has 0 bridgehead atoms. The fourth-order valence-electron chi connectivity index (χ4n) is 1.59. The van der Waals surface area contributed by atoms with Gasteiger partial charge in [-0.15, -0.1) is 11.3 Å². The standard InChI is InChI=1S/C12H15NOS/c1-9-5-7-15-12(9)10(2)13-8-11-4-3-6-14-11/h3-7,10,13H,8H2,1-2H3. The summed E-state index contributed by atoms with van der Waals surface area (Å²) in [4.78, 5) is 1.40. The SMILES string of the molecule is Cc1ccsc1C(C)NCc1ccco1. The molecule has 2 nitrogen and oxygen atoms in total. The molecule has 0 amide bonds. The third-order valence-electron chi connectivity index (χ3n) is 2.46. The van der Waals surface area contributed by atoms with E-state index in [0.717, 1.165) is 12.3 Å². The quantitative estimate of drug-likeness (QED) is 0.854. The molecule has 0 aliphatic rings. The van der Waals surface area contributed by atoms with E-state index in [0.29, 0.717) is 6.04 Å². The highest BCUT2D eigenvalue weighted by Gasteiger charge is 2.09. The maximum absolute atomic E-state index is 5.27. The molecule has 80 valence electrons. The predicted molar refractivity (Wildman–Crippen MR) is 63.0 cm³/mol. The second-order valence-corrected chi connectivity index (χ2v) is 4.60. The molecule has 3 heteroatoms. The average molecular weight is 221 g/mol. The van der Waals surface area contributed by atoms with Gasteiger partial charge in [-0.05, 0) is 43.0 Å². The summed E-state index contributed by atoms with van der Waals surface area (Å²) in [6.45, 7) is 5.12. The Bertz CT molecular complexity index is 405. The average Bonchev–Trinajstić information content (AvgIpc) is 2.84. The minimum atomic E-state index is 0.384. The second-order valence-electron chi connectivity index (χ2n) is 3.65. The van der Waals surface area contributed by atoms with E-state index in [1.165, 1.54) is 10.4 Å². The van der Waals surface area contributed by atoms with Crippen LogP contribution in [0.4, 0.5) is 0 Å². The maximum Gasteiger partial charge on any atom is 0.117 e. The van der Waals surface area contributed by atoms with Crippen LogP contribution >= 0.6 is 11.3 Å². The van der Waals surface area contributed by atoms with E-state index < -0.39 is 0 Å². The van der Waals surface area contributed by atoms with Gasteiger partial charge in [0.1, 0.15) is 5.76 Å². The molecule has 0 spiro atoms. The zero-order valence-corrected chi connectivity index (χ0v) is 9.80. The van der Waals surface area contributed by atoms with Crippen molar-refractivity contribution in [1.82, 2.24) is 5.32 Å². The van der Waals surface area contributed by atoms with Crippen LogP contribution in [0.2, 0.25) is 0 Å². The Balaban J connectivity index is 1.93. The molecule has 0 radical (unpaired) electrons. The fourth-order valence-corrected chi connectivity index (χ4v) is 2.55. The van der Waals surface area contributed by atoms with E-state index in [9.17, 15) is 0 Å². The number of hydrogen-bond donors (Lipinski definition) is 1. The molecule has 1 N–H and O–H groups in total. The number of rotatable bonds is 4. The molecular formula is C12H15NOS. The highest BCUT2D eigenvalue weighted by atomic mass is 32.1. The zero-order chi connectivity index (χ0) is 10.7. The molecule has 1 atom stereocenters. The van der Waals surface area contributed by atoms with Crippen molar-refractivity contribution >= 4 is 11.3 Å². The van der Waals surface area contributed by atoms with Gasteiger partial charge < -0.3 is 9.73 Å². The summed E-state index contributed by atoms with van der Waals surface area (Å²) < 4.78 is 5.27. The lowest BCUT2D eigenvalue weighted by Gasteiger charge is -2.12. The maximum atomic E-state index is 5.27. The van der Waals surface area contributed by atoms with Crippen LogP contribution in [0.1, 0.15) is 29.2 Å². The van der Waals surface area contributed by atoms with Crippen LogP contribution in [0, 0.1) is 6.92 Å². The van der Waals surface area contributed by atoms with Crippen LogP contribution in [0.25, 0.3) is 0 Å². The Morgan fingerprint density at radius 1 is 1.47 bits per heavy atom. The van der Waals surface area contributed by atoms with E-state index in [2.05, 4.69) is 30.6 Å². The molecule has 0 saturated heterocycles. The number of furan rings is 1. The molecule has 0 aliphatic carbocycles. The van der Waals surface area contributed by atoms with Gasteiger partial charge in [-0.2, -0.15) is 0 Å². The summed E-state index contributed by atoms with van der Waals surface area (Å²) in [5.41, 5.74) is 1.36. The molecule has 2 aromatic rings. The number of hydrogen-bond acceptors (Lipinski definition) is 3. The summed E-state index contributed by atoms with van der Waals surface area (Å²) in [6, 6.07) is 6.44. The first-order chi connectivity index (χ1) is 7.27. The lowest BCUT2D eigenvalue weighted by atomic mass is 10.2. The van der Waals surface area contributed by atoms with Crippen molar-refractivity contribution in [3.8, 4) is 0 Å². The van der Waals surface area contributed by atoms with Crippen molar-refractivity contribution < 1.29 is 4.42 Å². The molecule has 15 heavy (non-hydrogen) atoms. The summed E-state index contributed by atoms with van der Waals surface area (Å²) in [5, 5.41) is 5.58. The summed E-state index contributed by atoms with van der Waals surface area (Å²) in [6.07, 6.45) is 1.71. The Morgan fingerprint density at radius 3 is 2.93 bits per heavy atom. The monoisotopic (exact) mass is 221 g/mol. The largest absolute Gasteiger partial charge is 0.468 e. The summed E-state index contributed by atoms with van der Waals surface area (Å²) in [7, 11) is 0. The minimum absolute atomic E-state index is 0.384. The third-order valence-corrected chi connectivity index (χ3v) is 3.66.